The van der Waals surface area contributed by atoms with Gasteiger partial charge in [-0.25, -0.2) is 8.78 Å². The summed E-state index contributed by atoms with van der Waals surface area (Å²) in [6.07, 6.45) is 0. The Morgan fingerprint density at radius 3 is 2.84 bits per heavy atom. The highest BCUT2D eigenvalue weighted by Crippen LogP contribution is 2.37. The Balaban J connectivity index is 2.35. The number of halogens is 3. The smallest absolute Gasteiger partial charge is 0.145 e. The van der Waals surface area contributed by atoms with Crippen molar-refractivity contribution < 1.29 is 8.78 Å². The fraction of sp³-hybridized carbons (Fsp3) is 0.538. The summed E-state index contributed by atoms with van der Waals surface area (Å²) in [5.74, 6) is 2.12. The molecule has 2 unspecified atom stereocenters. The molecule has 1 saturated heterocycles. The summed E-state index contributed by atoms with van der Waals surface area (Å²) in [7, 11) is 0. The maximum atomic E-state index is 14.2. The molecule has 1 aromatic rings. The van der Waals surface area contributed by atoms with Crippen LogP contribution in [0.5, 0.6) is 0 Å². The summed E-state index contributed by atoms with van der Waals surface area (Å²) in [5, 5.41) is 3.45. The Bertz CT molecular complexity index is 439. The molecule has 6 heteroatoms. The van der Waals surface area contributed by atoms with Gasteiger partial charge in [-0.15, -0.1) is 0 Å². The van der Waals surface area contributed by atoms with Crippen molar-refractivity contribution in [3.8, 4) is 0 Å². The number of nitrogens with one attached hydrogen (secondary N) is 1. The zero-order chi connectivity index (χ0) is 13.8. The first-order chi connectivity index (χ1) is 9.15. The first kappa shape index (κ1) is 15.6. The van der Waals surface area contributed by atoms with Gasteiger partial charge in [0.05, 0.1) is 10.5 Å². The molecule has 19 heavy (non-hydrogen) atoms. The van der Waals surface area contributed by atoms with Crippen molar-refractivity contribution in [2.24, 2.45) is 0 Å². The van der Waals surface area contributed by atoms with Gasteiger partial charge in [0.2, 0.25) is 0 Å². The third-order valence-electron chi connectivity index (χ3n) is 3.03. The second-order valence-corrected chi connectivity index (χ2v) is 7.63. The molecule has 0 spiro atoms. The SMILES string of the molecule is CCNC(c1c(F)ccc(Br)c1F)C1CSCCS1. The quantitative estimate of drug-likeness (QED) is 0.799. The fourth-order valence-corrected chi connectivity index (χ4v) is 5.36. The number of benzene rings is 1. The summed E-state index contributed by atoms with van der Waals surface area (Å²) in [6.45, 7) is 2.65. The molecule has 1 aliphatic rings. The van der Waals surface area contributed by atoms with Crippen LogP contribution in [0.3, 0.4) is 0 Å². The average Bonchev–Trinajstić information content (AvgIpc) is 2.43. The molecular formula is C13H16BrF2NS2. The lowest BCUT2D eigenvalue weighted by Crippen LogP contribution is -2.35. The monoisotopic (exact) mass is 367 g/mol. The van der Waals surface area contributed by atoms with Crippen LogP contribution in [0.4, 0.5) is 8.78 Å². The summed E-state index contributed by atoms with van der Waals surface area (Å²) in [6, 6.07) is 2.47. The summed E-state index contributed by atoms with van der Waals surface area (Å²) in [5.41, 5.74) is 0.163. The lowest BCUT2D eigenvalue weighted by molar-refractivity contribution is 0.471. The van der Waals surface area contributed by atoms with Crippen LogP contribution in [0.25, 0.3) is 0 Å². The van der Waals surface area contributed by atoms with Gasteiger partial charge in [-0.3, -0.25) is 0 Å². The van der Waals surface area contributed by atoms with E-state index >= 15 is 0 Å². The van der Waals surface area contributed by atoms with Crippen LogP contribution in [0.15, 0.2) is 16.6 Å². The van der Waals surface area contributed by atoms with Crippen LogP contribution in [0.1, 0.15) is 18.5 Å². The molecule has 0 aromatic heterocycles. The molecule has 2 atom stereocenters. The van der Waals surface area contributed by atoms with E-state index in [4.69, 9.17) is 0 Å². The Morgan fingerprint density at radius 1 is 1.42 bits per heavy atom. The second-order valence-electron chi connectivity index (χ2n) is 4.28. The third-order valence-corrected chi connectivity index (χ3v) is 6.50. The van der Waals surface area contributed by atoms with Crippen molar-refractivity contribution in [1.82, 2.24) is 5.32 Å². The van der Waals surface area contributed by atoms with E-state index in [1.54, 1.807) is 11.8 Å². The Morgan fingerprint density at radius 2 is 2.21 bits per heavy atom. The Hall–Kier alpha value is 0.220. The number of hydrogen-bond donors (Lipinski definition) is 1. The molecule has 0 saturated carbocycles. The topological polar surface area (TPSA) is 12.0 Å². The Labute approximate surface area is 129 Å². The van der Waals surface area contributed by atoms with Crippen molar-refractivity contribution in [2.45, 2.75) is 18.2 Å². The minimum atomic E-state index is -0.484. The van der Waals surface area contributed by atoms with Crippen molar-refractivity contribution in [3.63, 3.8) is 0 Å². The van der Waals surface area contributed by atoms with Crippen molar-refractivity contribution in [3.05, 3.63) is 33.8 Å². The van der Waals surface area contributed by atoms with Crippen molar-refractivity contribution in [1.29, 1.82) is 0 Å². The zero-order valence-corrected chi connectivity index (χ0v) is 13.8. The maximum absolute atomic E-state index is 14.2. The van der Waals surface area contributed by atoms with E-state index in [9.17, 15) is 8.78 Å². The van der Waals surface area contributed by atoms with Crippen LogP contribution in [-0.2, 0) is 0 Å². The van der Waals surface area contributed by atoms with Crippen LogP contribution < -0.4 is 5.32 Å². The minimum Gasteiger partial charge on any atom is -0.309 e. The van der Waals surface area contributed by atoms with Crippen LogP contribution in [0, 0.1) is 11.6 Å². The highest BCUT2D eigenvalue weighted by molar-refractivity contribution is 9.10. The van der Waals surface area contributed by atoms with Gasteiger partial charge in [-0.2, -0.15) is 23.5 Å². The van der Waals surface area contributed by atoms with E-state index in [1.165, 1.54) is 12.1 Å². The van der Waals surface area contributed by atoms with Crippen LogP contribution >= 0.6 is 39.5 Å². The summed E-state index contributed by atoms with van der Waals surface area (Å²) < 4.78 is 28.6. The van der Waals surface area contributed by atoms with E-state index in [-0.39, 0.29) is 16.9 Å². The van der Waals surface area contributed by atoms with E-state index < -0.39 is 11.6 Å². The summed E-state index contributed by atoms with van der Waals surface area (Å²) >= 11 is 6.79. The molecule has 1 heterocycles. The average molecular weight is 368 g/mol. The molecule has 1 N–H and O–H groups in total. The molecule has 1 nitrogen and oxygen atoms in total. The van der Waals surface area contributed by atoms with Gasteiger partial charge in [0.25, 0.3) is 0 Å². The van der Waals surface area contributed by atoms with E-state index in [2.05, 4.69) is 21.2 Å². The van der Waals surface area contributed by atoms with Gasteiger partial charge in [-0.1, -0.05) is 6.92 Å². The molecule has 0 aliphatic carbocycles. The maximum Gasteiger partial charge on any atom is 0.145 e. The van der Waals surface area contributed by atoms with Gasteiger partial charge in [-0.05, 0) is 34.6 Å². The molecule has 2 rings (SSSR count). The highest BCUT2D eigenvalue weighted by atomic mass is 79.9. The van der Waals surface area contributed by atoms with Gasteiger partial charge in [0.1, 0.15) is 11.6 Å². The largest absolute Gasteiger partial charge is 0.309 e. The predicted molar refractivity (Wildman–Crippen MR) is 84.0 cm³/mol. The molecule has 1 aromatic carbocycles. The van der Waals surface area contributed by atoms with Gasteiger partial charge >= 0.3 is 0 Å². The first-order valence-electron chi connectivity index (χ1n) is 6.21. The molecular weight excluding hydrogens is 352 g/mol. The van der Waals surface area contributed by atoms with Crippen LogP contribution in [-0.4, -0.2) is 29.1 Å². The highest BCUT2D eigenvalue weighted by Gasteiger charge is 2.30. The zero-order valence-electron chi connectivity index (χ0n) is 10.6. The number of hydrogen-bond acceptors (Lipinski definition) is 3. The molecule has 1 fully saturated rings. The van der Waals surface area contributed by atoms with Gasteiger partial charge in [0, 0.05) is 28.1 Å². The molecule has 0 radical (unpaired) electrons. The van der Waals surface area contributed by atoms with Crippen molar-refractivity contribution >= 4 is 39.5 Å². The summed E-state index contributed by atoms with van der Waals surface area (Å²) in [4.78, 5) is 0. The van der Waals surface area contributed by atoms with Gasteiger partial charge < -0.3 is 5.32 Å². The fourth-order valence-electron chi connectivity index (χ4n) is 2.17. The normalized spacial score (nSPS) is 21.4. The first-order valence-corrected chi connectivity index (χ1v) is 9.21. The van der Waals surface area contributed by atoms with E-state index in [0.29, 0.717) is 11.0 Å². The Kier molecular flexibility index (Phi) is 5.99. The lowest BCUT2D eigenvalue weighted by Gasteiger charge is -2.31. The third kappa shape index (κ3) is 3.65. The lowest BCUT2D eigenvalue weighted by atomic mass is 10.0. The molecule has 0 amide bonds. The second kappa shape index (κ2) is 7.29. The molecule has 0 bridgehead atoms. The van der Waals surface area contributed by atoms with E-state index in [1.807, 2.05) is 18.7 Å². The van der Waals surface area contributed by atoms with Crippen molar-refractivity contribution in [2.75, 3.05) is 23.8 Å². The minimum absolute atomic E-state index is 0.163. The predicted octanol–water partition coefficient (Wildman–Crippen LogP) is 4.23. The van der Waals surface area contributed by atoms with Gasteiger partial charge in [0.15, 0.2) is 0 Å². The number of rotatable bonds is 4. The molecule has 106 valence electrons. The molecule has 1 aliphatic heterocycles. The van der Waals surface area contributed by atoms with E-state index in [0.717, 1.165) is 17.3 Å². The number of thioether (sulfide) groups is 2. The van der Waals surface area contributed by atoms with Crippen LogP contribution in [0.2, 0.25) is 0 Å². The standard InChI is InChI=1S/C13H16BrF2NS2/c1-2-17-13(10-7-18-5-6-19-10)11-9(15)4-3-8(14)12(11)16/h3-4,10,13,17H,2,5-7H2,1H3.